The molecule has 1 atom stereocenters. The number of hydrogen-bond donors (Lipinski definition) is 0. The maximum atomic E-state index is 14.5. The summed E-state index contributed by atoms with van der Waals surface area (Å²) in [6, 6.07) is 3.54. The van der Waals surface area contributed by atoms with E-state index >= 15 is 0 Å². The molecular weight excluding hydrogens is 440 g/mol. The van der Waals surface area contributed by atoms with Gasteiger partial charge in [-0.2, -0.15) is 4.39 Å². The van der Waals surface area contributed by atoms with E-state index < -0.39 is 11.8 Å². The molecule has 7 nitrogen and oxygen atoms in total. The van der Waals surface area contributed by atoms with Crippen LogP contribution in [0.2, 0.25) is 0 Å². The Labute approximate surface area is 198 Å². The molecule has 1 aliphatic carbocycles. The predicted octanol–water partition coefficient (Wildman–Crippen LogP) is 3.86. The summed E-state index contributed by atoms with van der Waals surface area (Å²) in [6.45, 7) is 8.89. The van der Waals surface area contributed by atoms with Crippen molar-refractivity contribution in [3.05, 3.63) is 41.9 Å². The van der Waals surface area contributed by atoms with Crippen LogP contribution in [-0.4, -0.2) is 77.8 Å². The molecule has 9 heteroatoms. The molecule has 0 bridgehead atoms. The van der Waals surface area contributed by atoms with Crippen LogP contribution in [0.3, 0.4) is 0 Å². The number of carbonyl (C=O) groups is 1. The Morgan fingerprint density at radius 3 is 2.62 bits per heavy atom. The minimum atomic E-state index is -0.619. The van der Waals surface area contributed by atoms with Gasteiger partial charge in [0.2, 0.25) is 5.95 Å². The summed E-state index contributed by atoms with van der Waals surface area (Å²) in [7, 11) is 0. The molecule has 3 aliphatic rings. The number of aromatic nitrogens is 2. The van der Waals surface area contributed by atoms with Gasteiger partial charge in [0.15, 0.2) is 0 Å². The number of halogens is 2. The highest BCUT2D eigenvalue weighted by Crippen LogP contribution is 2.47. The first-order chi connectivity index (χ1) is 16.4. The minimum absolute atomic E-state index is 0.201. The minimum Gasteiger partial charge on any atom is -0.450 e. The van der Waals surface area contributed by atoms with E-state index in [1.54, 1.807) is 6.07 Å². The molecule has 5 rings (SSSR count). The van der Waals surface area contributed by atoms with Gasteiger partial charge in [0.05, 0.1) is 12.8 Å². The Morgan fingerprint density at radius 2 is 1.88 bits per heavy atom. The fourth-order valence-corrected chi connectivity index (χ4v) is 5.81. The van der Waals surface area contributed by atoms with E-state index in [4.69, 9.17) is 4.74 Å². The number of piperazine rings is 1. The van der Waals surface area contributed by atoms with Gasteiger partial charge < -0.3 is 14.5 Å². The second kappa shape index (κ2) is 9.09. The Morgan fingerprint density at radius 1 is 1.12 bits per heavy atom. The Bertz CT molecular complexity index is 1070. The van der Waals surface area contributed by atoms with Crippen LogP contribution in [0.5, 0.6) is 0 Å². The van der Waals surface area contributed by atoms with E-state index in [1.165, 1.54) is 18.5 Å². The van der Waals surface area contributed by atoms with E-state index in [0.717, 1.165) is 64.1 Å². The third-order valence-electron chi connectivity index (χ3n) is 7.48. The summed E-state index contributed by atoms with van der Waals surface area (Å²) in [4.78, 5) is 26.5. The highest BCUT2D eigenvalue weighted by atomic mass is 19.1. The molecule has 4 heterocycles. The molecule has 0 N–H and O–H groups in total. The standard InChI is InChI=1S/C25H31F2N5O2/c1-3-34-24(33)32-15-25(16-32)5-4-19(12-25)30-6-8-31(9-7-30)23-21(11-18(26)14-29-23)20-10-17(2)13-28-22(20)27/h10-11,13-14,19H,3-9,12,15-16H2,1-2H3/t19-/m1/s1. The zero-order valence-corrected chi connectivity index (χ0v) is 19.8. The number of ether oxygens (including phenoxy) is 1. The molecule has 2 saturated heterocycles. The molecule has 2 aliphatic heterocycles. The molecule has 0 aromatic carbocycles. The molecule has 3 fully saturated rings. The number of hydrogen-bond acceptors (Lipinski definition) is 6. The molecule has 0 unspecified atom stereocenters. The van der Waals surface area contributed by atoms with Crippen LogP contribution in [0.25, 0.3) is 11.1 Å². The number of likely N-dealkylation sites (tertiary alicyclic amines) is 1. The van der Waals surface area contributed by atoms with Gasteiger partial charge >= 0.3 is 6.09 Å². The average Bonchev–Trinajstić information content (AvgIpc) is 3.26. The largest absolute Gasteiger partial charge is 0.450 e. The van der Waals surface area contributed by atoms with Gasteiger partial charge in [-0.15, -0.1) is 0 Å². The smallest absolute Gasteiger partial charge is 0.409 e. The maximum absolute atomic E-state index is 14.5. The molecule has 1 saturated carbocycles. The van der Waals surface area contributed by atoms with Gasteiger partial charge in [-0.3, -0.25) is 4.90 Å². The number of rotatable bonds is 4. The van der Waals surface area contributed by atoms with Gasteiger partial charge in [0.1, 0.15) is 11.6 Å². The predicted molar refractivity (Wildman–Crippen MR) is 125 cm³/mol. The average molecular weight is 472 g/mol. The normalized spacial score (nSPS) is 22.2. The number of anilines is 1. The van der Waals surface area contributed by atoms with Crippen molar-refractivity contribution in [3.63, 3.8) is 0 Å². The van der Waals surface area contributed by atoms with Crippen molar-refractivity contribution in [3.8, 4) is 11.1 Å². The quantitative estimate of drug-likeness (QED) is 0.631. The van der Waals surface area contributed by atoms with Gasteiger partial charge in [0, 0.05) is 68.0 Å². The summed E-state index contributed by atoms with van der Waals surface area (Å²) in [6.07, 6.45) is 5.83. The van der Waals surface area contributed by atoms with E-state index in [2.05, 4.69) is 19.8 Å². The fourth-order valence-electron chi connectivity index (χ4n) is 5.81. The molecule has 34 heavy (non-hydrogen) atoms. The molecule has 2 aromatic heterocycles. The SMILES string of the molecule is CCOC(=O)N1CC2(CC[C@@H](N3CCN(c4ncc(F)cc4-c4cc(C)cnc4F)CC3)C2)C1. The van der Waals surface area contributed by atoms with Gasteiger partial charge in [-0.25, -0.2) is 19.2 Å². The van der Waals surface area contributed by atoms with Crippen LogP contribution in [-0.2, 0) is 4.74 Å². The first kappa shape index (κ1) is 23.0. The number of nitrogens with zero attached hydrogens (tertiary/aromatic N) is 5. The van der Waals surface area contributed by atoms with Crippen LogP contribution in [0.15, 0.2) is 24.5 Å². The summed E-state index contributed by atoms with van der Waals surface area (Å²) < 4.78 is 33.7. The third-order valence-corrected chi connectivity index (χ3v) is 7.48. The number of carbonyl (C=O) groups excluding carboxylic acids is 1. The molecular formula is C25H31F2N5O2. The summed E-state index contributed by atoms with van der Waals surface area (Å²) in [5.74, 6) is -0.516. The van der Waals surface area contributed by atoms with Crippen molar-refractivity contribution in [2.75, 3.05) is 50.8 Å². The summed E-state index contributed by atoms with van der Waals surface area (Å²) in [5.41, 5.74) is 1.76. The second-order valence-electron chi connectivity index (χ2n) is 9.85. The number of pyridine rings is 2. The first-order valence-corrected chi connectivity index (χ1v) is 12.1. The fraction of sp³-hybridized carbons (Fsp3) is 0.560. The van der Waals surface area contributed by atoms with Crippen molar-refractivity contribution in [1.29, 1.82) is 0 Å². The van der Waals surface area contributed by atoms with Crippen LogP contribution in [0.1, 0.15) is 31.7 Å². The van der Waals surface area contributed by atoms with Crippen molar-refractivity contribution >= 4 is 11.9 Å². The van der Waals surface area contributed by atoms with E-state index in [0.29, 0.717) is 24.0 Å². The van der Waals surface area contributed by atoms with Crippen molar-refractivity contribution in [2.24, 2.45) is 5.41 Å². The molecule has 182 valence electrons. The molecule has 0 radical (unpaired) electrons. The van der Waals surface area contributed by atoms with Crippen LogP contribution in [0, 0.1) is 24.1 Å². The van der Waals surface area contributed by atoms with Gasteiger partial charge in [-0.05, 0) is 50.8 Å². The topological polar surface area (TPSA) is 61.8 Å². The van der Waals surface area contributed by atoms with Gasteiger partial charge in [-0.1, -0.05) is 0 Å². The van der Waals surface area contributed by atoms with Crippen molar-refractivity contribution in [2.45, 2.75) is 39.2 Å². The zero-order valence-electron chi connectivity index (χ0n) is 19.8. The Balaban J connectivity index is 1.23. The number of aryl methyl sites for hydroxylation is 1. The zero-order chi connectivity index (χ0) is 23.9. The second-order valence-corrected chi connectivity index (χ2v) is 9.85. The van der Waals surface area contributed by atoms with Crippen LogP contribution < -0.4 is 4.90 Å². The molecule has 1 spiro atoms. The summed E-state index contributed by atoms with van der Waals surface area (Å²) >= 11 is 0. The lowest BCUT2D eigenvalue weighted by atomic mass is 9.78. The highest BCUT2D eigenvalue weighted by molar-refractivity contribution is 5.76. The van der Waals surface area contributed by atoms with Crippen molar-refractivity contribution < 1.29 is 18.3 Å². The van der Waals surface area contributed by atoms with E-state index in [1.807, 2.05) is 18.7 Å². The highest BCUT2D eigenvalue weighted by Gasteiger charge is 2.51. The maximum Gasteiger partial charge on any atom is 0.409 e. The third kappa shape index (κ3) is 4.33. The van der Waals surface area contributed by atoms with Crippen molar-refractivity contribution in [1.82, 2.24) is 19.8 Å². The lowest BCUT2D eigenvalue weighted by Gasteiger charge is -2.48. The lowest BCUT2D eigenvalue weighted by molar-refractivity contribution is -0.00294. The Hall–Kier alpha value is -2.81. The van der Waals surface area contributed by atoms with Crippen LogP contribution >= 0.6 is 0 Å². The Kier molecular flexibility index (Phi) is 6.14. The number of amides is 1. The van der Waals surface area contributed by atoms with E-state index in [-0.39, 0.29) is 17.1 Å². The monoisotopic (exact) mass is 471 g/mol. The van der Waals surface area contributed by atoms with Crippen LogP contribution in [0.4, 0.5) is 19.4 Å². The van der Waals surface area contributed by atoms with Gasteiger partial charge in [0.25, 0.3) is 0 Å². The summed E-state index contributed by atoms with van der Waals surface area (Å²) in [5, 5.41) is 0. The first-order valence-electron chi connectivity index (χ1n) is 12.1. The van der Waals surface area contributed by atoms with E-state index in [9.17, 15) is 13.6 Å². The molecule has 2 aromatic rings. The lowest BCUT2D eigenvalue weighted by Crippen LogP contribution is -2.58. The molecule has 1 amide bonds.